The van der Waals surface area contributed by atoms with E-state index >= 15 is 0 Å². The first-order valence-electron chi connectivity index (χ1n) is 8.83. The van der Waals surface area contributed by atoms with Gasteiger partial charge < -0.3 is 14.8 Å². The summed E-state index contributed by atoms with van der Waals surface area (Å²) < 4.78 is 13.5. The van der Waals surface area contributed by atoms with Crippen LogP contribution in [0, 0.1) is 0 Å². The number of aromatic nitrogens is 2. The molecule has 6 heteroatoms. The number of amides is 1. The van der Waals surface area contributed by atoms with Crippen LogP contribution in [0.1, 0.15) is 54.6 Å². The maximum Gasteiger partial charge on any atom is 0.254 e. The highest BCUT2D eigenvalue weighted by Crippen LogP contribution is 2.34. The van der Waals surface area contributed by atoms with Gasteiger partial charge in [0.15, 0.2) is 0 Å². The number of aryl methyl sites for hydroxylation is 1. The molecule has 3 aliphatic heterocycles. The van der Waals surface area contributed by atoms with Crippen LogP contribution in [-0.4, -0.2) is 47.2 Å². The third-order valence-corrected chi connectivity index (χ3v) is 5.46. The smallest absolute Gasteiger partial charge is 0.254 e. The lowest BCUT2D eigenvalue weighted by atomic mass is 9.84. The minimum atomic E-state index is -0.0904. The Kier molecular flexibility index (Phi) is 4.11. The largest absolute Gasteiger partial charge is 0.381 e. The Morgan fingerprint density at radius 1 is 1.30 bits per heavy atom. The van der Waals surface area contributed by atoms with E-state index in [1.165, 1.54) is 0 Å². The molecule has 1 aromatic rings. The molecule has 2 saturated heterocycles. The minimum Gasteiger partial charge on any atom is -0.381 e. The number of rotatable bonds is 2. The maximum absolute atomic E-state index is 12.7. The highest BCUT2D eigenvalue weighted by atomic mass is 16.5. The van der Waals surface area contributed by atoms with Gasteiger partial charge in [0.05, 0.1) is 23.1 Å². The van der Waals surface area contributed by atoms with Crippen molar-refractivity contribution in [1.82, 2.24) is 15.1 Å². The van der Waals surface area contributed by atoms with E-state index in [-0.39, 0.29) is 17.6 Å². The van der Waals surface area contributed by atoms with Crippen molar-refractivity contribution in [1.29, 1.82) is 0 Å². The second-order valence-corrected chi connectivity index (χ2v) is 6.99. The molecule has 2 fully saturated rings. The third-order valence-electron chi connectivity index (χ3n) is 5.46. The summed E-state index contributed by atoms with van der Waals surface area (Å²) in [4.78, 5) is 12.7. The van der Waals surface area contributed by atoms with Gasteiger partial charge in [-0.2, -0.15) is 5.10 Å². The summed E-state index contributed by atoms with van der Waals surface area (Å²) in [5, 5.41) is 7.60. The molecule has 1 spiro atoms. The second-order valence-electron chi connectivity index (χ2n) is 6.99. The monoisotopic (exact) mass is 319 g/mol. The molecule has 0 aliphatic carbocycles. The number of ether oxygens (including phenoxy) is 2. The van der Waals surface area contributed by atoms with Crippen molar-refractivity contribution in [2.75, 3.05) is 19.8 Å². The third kappa shape index (κ3) is 3.02. The van der Waals surface area contributed by atoms with Gasteiger partial charge >= 0.3 is 0 Å². The quantitative estimate of drug-likeness (QED) is 0.901. The lowest BCUT2D eigenvalue weighted by Crippen LogP contribution is -2.51. The standard InChI is InChI=1S/C17H25N3O3/c21-16(14-12-18-20-7-2-1-3-15(14)20)19-13-4-8-23-17(11-13)5-9-22-10-6-17/h12-13H,1-11H2,(H,19,21)/t13-/m0/s1. The Labute approximate surface area is 136 Å². The van der Waals surface area contributed by atoms with Crippen LogP contribution in [0.15, 0.2) is 6.20 Å². The van der Waals surface area contributed by atoms with Gasteiger partial charge in [-0.25, -0.2) is 0 Å². The maximum atomic E-state index is 12.7. The molecule has 0 aromatic carbocycles. The van der Waals surface area contributed by atoms with Gasteiger partial charge in [0.1, 0.15) is 0 Å². The molecule has 4 rings (SSSR count). The molecule has 4 heterocycles. The predicted octanol–water partition coefficient (Wildman–Crippen LogP) is 1.68. The molecule has 23 heavy (non-hydrogen) atoms. The normalized spacial score (nSPS) is 26.7. The first kappa shape index (κ1) is 15.1. The van der Waals surface area contributed by atoms with E-state index in [4.69, 9.17) is 9.47 Å². The Hall–Kier alpha value is -1.40. The van der Waals surface area contributed by atoms with Crippen molar-refractivity contribution in [3.05, 3.63) is 17.5 Å². The Morgan fingerprint density at radius 2 is 2.17 bits per heavy atom. The number of nitrogens with one attached hydrogen (secondary N) is 1. The first-order chi connectivity index (χ1) is 11.3. The average molecular weight is 319 g/mol. The number of carbonyl (C=O) groups excluding carboxylic acids is 1. The van der Waals surface area contributed by atoms with Crippen molar-refractivity contribution >= 4 is 5.91 Å². The highest BCUT2D eigenvalue weighted by molar-refractivity contribution is 5.95. The van der Waals surface area contributed by atoms with Crippen molar-refractivity contribution in [2.45, 2.75) is 63.1 Å². The molecule has 6 nitrogen and oxygen atoms in total. The van der Waals surface area contributed by atoms with Gasteiger partial charge in [-0.1, -0.05) is 0 Å². The van der Waals surface area contributed by atoms with Crippen LogP contribution in [0.4, 0.5) is 0 Å². The Balaban J connectivity index is 1.43. The summed E-state index contributed by atoms with van der Waals surface area (Å²) in [6.45, 7) is 3.18. The van der Waals surface area contributed by atoms with Crippen LogP contribution in [0.25, 0.3) is 0 Å². The summed E-state index contributed by atoms with van der Waals surface area (Å²) >= 11 is 0. The molecule has 0 bridgehead atoms. The molecule has 1 N–H and O–H groups in total. The molecular weight excluding hydrogens is 294 g/mol. The Morgan fingerprint density at radius 3 is 3.04 bits per heavy atom. The van der Waals surface area contributed by atoms with E-state index in [1.807, 2.05) is 4.68 Å². The fourth-order valence-corrected chi connectivity index (χ4v) is 4.12. The second kappa shape index (κ2) is 6.24. The summed E-state index contributed by atoms with van der Waals surface area (Å²) in [5.41, 5.74) is 1.77. The van der Waals surface area contributed by atoms with E-state index in [0.29, 0.717) is 0 Å². The van der Waals surface area contributed by atoms with Crippen molar-refractivity contribution in [3.8, 4) is 0 Å². The number of fused-ring (bicyclic) bond motifs is 1. The zero-order valence-corrected chi connectivity index (χ0v) is 13.6. The topological polar surface area (TPSA) is 65.4 Å². The predicted molar refractivity (Wildman–Crippen MR) is 84.4 cm³/mol. The molecule has 3 aliphatic rings. The van der Waals surface area contributed by atoms with E-state index in [2.05, 4.69) is 10.4 Å². The van der Waals surface area contributed by atoms with Gasteiger partial charge in [-0.05, 0) is 44.9 Å². The Bertz CT molecular complexity index is 572. The van der Waals surface area contributed by atoms with Crippen LogP contribution in [0.3, 0.4) is 0 Å². The van der Waals surface area contributed by atoms with Crippen LogP contribution in [0.5, 0.6) is 0 Å². The molecule has 126 valence electrons. The van der Waals surface area contributed by atoms with Gasteiger partial charge in [0.25, 0.3) is 5.91 Å². The van der Waals surface area contributed by atoms with Crippen molar-refractivity contribution < 1.29 is 14.3 Å². The zero-order chi connectivity index (χ0) is 15.7. The minimum absolute atomic E-state index is 0.0299. The van der Waals surface area contributed by atoms with Gasteiger partial charge in [0.2, 0.25) is 0 Å². The van der Waals surface area contributed by atoms with E-state index in [9.17, 15) is 4.79 Å². The van der Waals surface area contributed by atoms with Gasteiger partial charge in [0, 0.05) is 32.4 Å². The summed E-state index contributed by atoms with van der Waals surface area (Å²) in [7, 11) is 0. The van der Waals surface area contributed by atoms with Gasteiger partial charge in [-0.15, -0.1) is 0 Å². The molecule has 0 radical (unpaired) electrons. The first-order valence-corrected chi connectivity index (χ1v) is 8.83. The molecular formula is C17H25N3O3. The van der Waals surface area contributed by atoms with Crippen LogP contribution < -0.4 is 5.32 Å². The highest BCUT2D eigenvalue weighted by Gasteiger charge is 2.39. The molecule has 1 atom stereocenters. The van der Waals surface area contributed by atoms with Crippen LogP contribution in [0.2, 0.25) is 0 Å². The number of carbonyl (C=O) groups is 1. The summed E-state index contributed by atoms with van der Waals surface area (Å²) in [6, 6.07) is 0.188. The molecule has 1 aromatic heterocycles. The summed E-state index contributed by atoms with van der Waals surface area (Å²) in [6.07, 6.45) is 8.64. The van der Waals surface area contributed by atoms with E-state index < -0.39 is 0 Å². The SMILES string of the molecule is O=C(N[C@H]1CCOC2(CCOCC2)C1)c1cnn2c1CCCC2. The van der Waals surface area contributed by atoms with Crippen molar-refractivity contribution in [3.63, 3.8) is 0 Å². The number of nitrogens with zero attached hydrogens (tertiary/aromatic N) is 2. The van der Waals surface area contributed by atoms with E-state index in [0.717, 1.165) is 82.6 Å². The lowest BCUT2D eigenvalue weighted by molar-refractivity contribution is -0.139. The fraction of sp³-hybridized carbons (Fsp3) is 0.765. The average Bonchev–Trinajstić information content (AvgIpc) is 3.00. The molecule has 1 amide bonds. The number of hydrogen-bond acceptors (Lipinski definition) is 4. The van der Waals surface area contributed by atoms with E-state index in [1.54, 1.807) is 6.20 Å². The van der Waals surface area contributed by atoms with Crippen LogP contribution >= 0.6 is 0 Å². The molecule has 0 saturated carbocycles. The lowest BCUT2D eigenvalue weighted by Gasteiger charge is -2.43. The number of hydrogen-bond donors (Lipinski definition) is 1. The van der Waals surface area contributed by atoms with Crippen LogP contribution in [-0.2, 0) is 22.4 Å². The zero-order valence-electron chi connectivity index (χ0n) is 13.6. The van der Waals surface area contributed by atoms with Crippen molar-refractivity contribution in [2.24, 2.45) is 0 Å². The fourth-order valence-electron chi connectivity index (χ4n) is 4.12. The molecule has 0 unspecified atom stereocenters. The van der Waals surface area contributed by atoms with Gasteiger partial charge in [-0.3, -0.25) is 9.48 Å². The summed E-state index contributed by atoms with van der Waals surface area (Å²) in [5.74, 6) is 0.0299.